The summed E-state index contributed by atoms with van der Waals surface area (Å²) >= 11 is 0. The van der Waals surface area contributed by atoms with E-state index in [0.717, 1.165) is 37.9 Å². The molecule has 1 aliphatic heterocycles. The van der Waals surface area contributed by atoms with Gasteiger partial charge in [0.15, 0.2) is 0 Å². The van der Waals surface area contributed by atoms with Crippen LogP contribution in [-0.4, -0.2) is 53.9 Å². The number of rotatable bonds is 10. The van der Waals surface area contributed by atoms with E-state index in [1.165, 1.54) is 0 Å². The van der Waals surface area contributed by atoms with Crippen LogP contribution < -0.4 is 10.1 Å². The van der Waals surface area contributed by atoms with Crippen molar-refractivity contribution in [2.45, 2.75) is 59.0 Å². The summed E-state index contributed by atoms with van der Waals surface area (Å²) in [7, 11) is 1.59. The molecule has 3 atom stereocenters. The second-order valence-corrected chi connectivity index (χ2v) is 8.73. The Hall–Kier alpha value is -1.79. The van der Waals surface area contributed by atoms with Crippen LogP contribution in [-0.2, 0) is 11.3 Å². The molecule has 29 heavy (non-hydrogen) atoms. The molecule has 1 amide bonds. The van der Waals surface area contributed by atoms with Crippen molar-refractivity contribution in [3.05, 3.63) is 23.8 Å². The van der Waals surface area contributed by atoms with E-state index >= 15 is 0 Å². The summed E-state index contributed by atoms with van der Waals surface area (Å²) in [5, 5.41) is 22.8. The first-order valence-corrected chi connectivity index (χ1v) is 10.8. The van der Waals surface area contributed by atoms with Gasteiger partial charge in [0, 0.05) is 31.1 Å². The summed E-state index contributed by atoms with van der Waals surface area (Å²) in [4.78, 5) is 14.9. The number of benzene rings is 1. The molecule has 0 saturated carbocycles. The minimum Gasteiger partial charge on any atom is -0.507 e. The number of carbonyl (C=O) groups excluding carboxylic acids is 1. The van der Waals surface area contributed by atoms with Gasteiger partial charge < -0.3 is 20.3 Å². The van der Waals surface area contributed by atoms with Crippen LogP contribution in [0.1, 0.15) is 52.0 Å². The van der Waals surface area contributed by atoms with Gasteiger partial charge >= 0.3 is 0 Å². The smallest absolute Gasteiger partial charge is 0.220 e. The molecular formula is C23H38N2O4. The van der Waals surface area contributed by atoms with Gasteiger partial charge in [-0.2, -0.15) is 0 Å². The van der Waals surface area contributed by atoms with Crippen LogP contribution in [0.2, 0.25) is 0 Å². The fourth-order valence-corrected chi connectivity index (χ4v) is 4.35. The Balaban J connectivity index is 1.89. The normalized spacial score (nSPS) is 21.2. The zero-order valence-corrected chi connectivity index (χ0v) is 18.4. The molecule has 0 radical (unpaired) electrons. The fraction of sp³-hybridized carbons (Fsp3) is 0.696. The van der Waals surface area contributed by atoms with Gasteiger partial charge in [-0.3, -0.25) is 9.69 Å². The molecule has 0 bridgehead atoms. The predicted molar refractivity (Wildman–Crippen MR) is 115 cm³/mol. The standard InChI is InChI=1S/C23H38N2O4/c1-5-17-13-25(14-19-6-7-21(29-4)12-22(19)27)9-8-18(17)11-23(28)24-20(15-26)10-16(2)3/h6-7,12,16-18,20,26-27H,5,8-11,13-15H2,1-4H3,(H,24,28)/t17-,18+,20-/m1/s1. The Morgan fingerprint density at radius 2 is 2.10 bits per heavy atom. The van der Waals surface area contributed by atoms with Gasteiger partial charge in [-0.15, -0.1) is 0 Å². The second kappa shape index (κ2) is 11.4. The summed E-state index contributed by atoms with van der Waals surface area (Å²) < 4.78 is 5.15. The molecule has 6 nitrogen and oxygen atoms in total. The number of nitrogens with zero attached hydrogens (tertiary/aromatic N) is 1. The van der Waals surface area contributed by atoms with E-state index in [2.05, 4.69) is 31.0 Å². The Morgan fingerprint density at radius 3 is 2.69 bits per heavy atom. The number of piperidine rings is 1. The molecule has 2 rings (SSSR count). The van der Waals surface area contributed by atoms with Crippen molar-refractivity contribution < 1.29 is 19.7 Å². The Labute approximate surface area is 175 Å². The lowest BCUT2D eigenvalue weighted by Crippen LogP contribution is -2.43. The van der Waals surface area contributed by atoms with E-state index in [0.29, 0.717) is 36.5 Å². The van der Waals surface area contributed by atoms with Crippen LogP contribution >= 0.6 is 0 Å². The topological polar surface area (TPSA) is 82.0 Å². The zero-order valence-electron chi connectivity index (χ0n) is 18.4. The molecule has 0 spiro atoms. The highest BCUT2D eigenvalue weighted by molar-refractivity contribution is 5.76. The van der Waals surface area contributed by atoms with E-state index < -0.39 is 0 Å². The van der Waals surface area contributed by atoms with Crippen LogP contribution in [0, 0.1) is 17.8 Å². The Morgan fingerprint density at radius 1 is 1.34 bits per heavy atom. The molecule has 0 aliphatic carbocycles. The lowest BCUT2D eigenvalue weighted by Gasteiger charge is -2.38. The van der Waals surface area contributed by atoms with Crippen molar-refractivity contribution in [3.63, 3.8) is 0 Å². The lowest BCUT2D eigenvalue weighted by molar-refractivity contribution is -0.124. The average molecular weight is 407 g/mol. The second-order valence-electron chi connectivity index (χ2n) is 8.73. The molecule has 1 aliphatic rings. The lowest BCUT2D eigenvalue weighted by atomic mass is 9.81. The van der Waals surface area contributed by atoms with Gasteiger partial charge in [-0.1, -0.05) is 33.3 Å². The number of aromatic hydroxyl groups is 1. The van der Waals surface area contributed by atoms with Crippen molar-refractivity contribution in [2.75, 3.05) is 26.8 Å². The van der Waals surface area contributed by atoms with Crippen molar-refractivity contribution in [2.24, 2.45) is 17.8 Å². The van der Waals surface area contributed by atoms with Crippen LogP contribution in [0.4, 0.5) is 0 Å². The highest BCUT2D eigenvalue weighted by Gasteiger charge is 2.30. The molecule has 0 aromatic heterocycles. The molecule has 3 N–H and O–H groups in total. The van der Waals surface area contributed by atoms with Crippen LogP contribution in [0.25, 0.3) is 0 Å². The molecule has 6 heteroatoms. The number of hydrogen-bond donors (Lipinski definition) is 3. The summed E-state index contributed by atoms with van der Waals surface area (Å²) in [5.74, 6) is 2.22. The number of phenolic OH excluding ortho intramolecular Hbond substituents is 1. The molecule has 0 unspecified atom stereocenters. The minimum atomic E-state index is -0.152. The Bertz CT molecular complexity index is 650. The monoisotopic (exact) mass is 406 g/mol. The third-order valence-electron chi connectivity index (χ3n) is 5.98. The molecule has 1 fully saturated rings. The van der Waals surface area contributed by atoms with E-state index in [1.807, 2.05) is 12.1 Å². The van der Waals surface area contributed by atoms with Gasteiger partial charge in [0.1, 0.15) is 11.5 Å². The number of aliphatic hydroxyl groups excluding tert-OH is 1. The number of phenols is 1. The summed E-state index contributed by atoms with van der Waals surface area (Å²) in [6.45, 7) is 8.90. The third-order valence-corrected chi connectivity index (χ3v) is 5.98. The van der Waals surface area contributed by atoms with Crippen molar-refractivity contribution in [3.8, 4) is 11.5 Å². The molecule has 1 aromatic rings. The molecule has 164 valence electrons. The van der Waals surface area contributed by atoms with Gasteiger partial charge in [-0.25, -0.2) is 0 Å². The largest absolute Gasteiger partial charge is 0.507 e. The quantitative estimate of drug-likeness (QED) is 0.556. The first-order valence-electron chi connectivity index (χ1n) is 10.8. The van der Waals surface area contributed by atoms with E-state index in [-0.39, 0.29) is 24.3 Å². The van der Waals surface area contributed by atoms with Crippen LogP contribution in [0.3, 0.4) is 0 Å². The molecule has 1 aromatic carbocycles. The minimum absolute atomic E-state index is 0.00900. The number of amides is 1. The van der Waals surface area contributed by atoms with Gasteiger partial charge in [0.25, 0.3) is 0 Å². The van der Waals surface area contributed by atoms with Crippen molar-refractivity contribution >= 4 is 5.91 Å². The first kappa shape index (κ1) is 23.5. The van der Waals surface area contributed by atoms with Gasteiger partial charge in [0.05, 0.1) is 19.8 Å². The number of ether oxygens (including phenoxy) is 1. The number of aliphatic hydroxyl groups is 1. The number of hydrogen-bond acceptors (Lipinski definition) is 5. The Kier molecular flexibility index (Phi) is 9.24. The summed E-state index contributed by atoms with van der Waals surface area (Å²) in [6, 6.07) is 5.29. The van der Waals surface area contributed by atoms with Gasteiger partial charge in [-0.05, 0) is 43.2 Å². The maximum atomic E-state index is 12.5. The molecule has 1 saturated heterocycles. The van der Waals surface area contributed by atoms with E-state index in [9.17, 15) is 15.0 Å². The van der Waals surface area contributed by atoms with Crippen LogP contribution in [0.5, 0.6) is 11.5 Å². The number of nitrogens with one attached hydrogen (secondary N) is 1. The third kappa shape index (κ3) is 7.19. The summed E-state index contributed by atoms with van der Waals surface area (Å²) in [6.07, 6.45) is 3.31. The number of methoxy groups -OCH3 is 1. The zero-order chi connectivity index (χ0) is 21.4. The van der Waals surface area contributed by atoms with Crippen molar-refractivity contribution in [1.29, 1.82) is 0 Å². The fourth-order valence-electron chi connectivity index (χ4n) is 4.35. The average Bonchev–Trinajstić information content (AvgIpc) is 2.69. The maximum absolute atomic E-state index is 12.5. The SMILES string of the molecule is CC[C@@H]1CN(Cc2ccc(OC)cc2O)CC[C@H]1CC(=O)N[C@@H](CO)CC(C)C. The van der Waals surface area contributed by atoms with Gasteiger partial charge in [0.2, 0.25) is 5.91 Å². The number of carbonyl (C=O) groups is 1. The van der Waals surface area contributed by atoms with Crippen molar-refractivity contribution in [1.82, 2.24) is 10.2 Å². The highest BCUT2D eigenvalue weighted by atomic mass is 16.5. The van der Waals surface area contributed by atoms with Crippen LogP contribution in [0.15, 0.2) is 18.2 Å². The molecule has 1 heterocycles. The predicted octanol–water partition coefficient (Wildman–Crippen LogP) is 3.16. The molecular weight excluding hydrogens is 368 g/mol. The first-order chi connectivity index (χ1) is 13.9. The highest BCUT2D eigenvalue weighted by Crippen LogP contribution is 2.31. The number of likely N-dealkylation sites (tertiary alicyclic amines) is 1. The maximum Gasteiger partial charge on any atom is 0.220 e. The van der Waals surface area contributed by atoms with E-state index in [1.54, 1.807) is 13.2 Å². The summed E-state index contributed by atoms with van der Waals surface area (Å²) in [5.41, 5.74) is 0.899. The van der Waals surface area contributed by atoms with E-state index in [4.69, 9.17) is 4.74 Å².